The molecule has 114 valence electrons. The van der Waals surface area contributed by atoms with Gasteiger partial charge in [-0.3, -0.25) is 0 Å². The van der Waals surface area contributed by atoms with Crippen molar-refractivity contribution in [3.05, 3.63) is 11.4 Å². The van der Waals surface area contributed by atoms with Crippen molar-refractivity contribution in [2.45, 2.75) is 66.3 Å². The summed E-state index contributed by atoms with van der Waals surface area (Å²) < 4.78 is 0. The first kappa shape index (κ1) is 16.7. The van der Waals surface area contributed by atoms with Crippen LogP contribution >= 0.6 is 0 Å². The van der Waals surface area contributed by atoms with E-state index in [-0.39, 0.29) is 5.41 Å². The molecule has 1 aromatic rings. The van der Waals surface area contributed by atoms with Gasteiger partial charge < -0.3 is 10.3 Å². The van der Waals surface area contributed by atoms with E-state index in [0.717, 1.165) is 30.2 Å². The summed E-state index contributed by atoms with van der Waals surface area (Å²) in [4.78, 5) is 11.7. The lowest BCUT2D eigenvalue weighted by Gasteiger charge is -2.31. The molecule has 1 heterocycles. The molecule has 0 saturated carbocycles. The standard InChI is InChI=1S/C15H29N5/c1-8-9-20(10(2)3)13-11(4)12(19-16)17-14(18-13)15(5,6)7/h10H,8-9,16H2,1-7H3,(H,17,18,19). The SMILES string of the molecule is CCCN(c1nc(C(C)(C)C)nc(NN)c1C)C(C)C. The van der Waals surface area contributed by atoms with Crippen LogP contribution in [-0.2, 0) is 5.41 Å². The molecule has 0 atom stereocenters. The molecule has 0 spiro atoms. The van der Waals surface area contributed by atoms with Crippen molar-refractivity contribution in [2.75, 3.05) is 16.9 Å². The predicted molar refractivity (Wildman–Crippen MR) is 86.1 cm³/mol. The molecular weight excluding hydrogens is 250 g/mol. The number of aromatic nitrogens is 2. The molecule has 0 aromatic carbocycles. The summed E-state index contributed by atoms with van der Waals surface area (Å²) in [5.41, 5.74) is 3.60. The monoisotopic (exact) mass is 279 g/mol. The molecule has 0 fully saturated rings. The Hall–Kier alpha value is -1.36. The Kier molecular flexibility index (Phi) is 5.34. The molecule has 5 heteroatoms. The van der Waals surface area contributed by atoms with Crippen molar-refractivity contribution >= 4 is 11.6 Å². The van der Waals surface area contributed by atoms with E-state index in [1.807, 2.05) is 6.92 Å². The van der Waals surface area contributed by atoms with Crippen molar-refractivity contribution in [3.8, 4) is 0 Å². The van der Waals surface area contributed by atoms with Gasteiger partial charge in [0.15, 0.2) is 0 Å². The molecule has 0 aliphatic heterocycles. The lowest BCUT2D eigenvalue weighted by molar-refractivity contribution is 0.541. The number of nitrogens with one attached hydrogen (secondary N) is 1. The molecule has 0 unspecified atom stereocenters. The van der Waals surface area contributed by atoms with Crippen molar-refractivity contribution in [3.63, 3.8) is 0 Å². The number of hydrogen-bond donors (Lipinski definition) is 2. The first-order valence-electron chi connectivity index (χ1n) is 7.34. The van der Waals surface area contributed by atoms with Crippen LogP contribution in [0.15, 0.2) is 0 Å². The van der Waals surface area contributed by atoms with Gasteiger partial charge in [-0.1, -0.05) is 27.7 Å². The molecule has 0 aliphatic carbocycles. The number of nitrogens with two attached hydrogens (primary N) is 1. The maximum Gasteiger partial charge on any atom is 0.148 e. The quantitative estimate of drug-likeness (QED) is 0.640. The fourth-order valence-electron chi connectivity index (χ4n) is 2.11. The number of nitrogens with zero attached hydrogens (tertiary/aromatic N) is 3. The second-order valence-corrected chi connectivity index (χ2v) is 6.53. The largest absolute Gasteiger partial charge is 0.354 e. The Balaban J connectivity index is 3.43. The third-order valence-electron chi connectivity index (χ3n) is 3.29. The summed E-state index contributed by atoms with van der Waals surface area (Å²) in [6.45, 7) is 15.9. The summed E-state index contributed by atoms with van der Waals surface area (Å²) >= 11 is 0. The molecule has 0 radical (unpaired) electrons. The average Bonchev–Trinajstić information content (AvgIpc) is 2.35. The van der Waals surface area contributed by atoms with Gasteiger partial charge in [-0.05, 0) is 27.2 Å². The van der Waals surface area contributed by atoms with Crippen molar-refractivity contribution in [2.24, 2.45) is 5.84 Å². The number of anilines is 2. The van der Waals surface area contributed by atoms with Gasteiger partial charge in [0.05, 0.1) is 0 Å². The van der Waals surface area contributed by atoms with Gasteiger partial charge in [0.1, 0.15) is 17.5 Å². The Labute approximate surface area is 123 Å². The smallest absolute Gasteiger partial charge is 0.148 e. The zero-order chi connectivity index (χ0) is 15.5. The van der Waals surface area contributed by atoms with Gasteiger partial charge in [-0.15, -0.1) is 0 Å². The zero-order valence-electron chi connectivity index (χ0n) is 13.9. The second kappa shape index (κ2) is 6.39. The molecule has 0 aliphatic rings. The van der Waals surface area contributed by atoms with Gasteiger partial charge >= 0.3 is 0 Å². The molecule has 5 nitrogen and oxygen atoms in total. The molecule has 0 saturated heterocycles. The Morgan fingerprint density at radius 2 is 1.85 bits per heavy atom. The lowest BCUT2D eigenvalue weighted by atomic mass is 9.95. The highest BCUT2D eigenvalue weighted by Gasteiger charge is 2.24. The maximum absolute atomic E-state index is 5.62. The lowest BCUT2D eigenvalue weighted by Crippen LogP contribution is -2.34. The van der Waals surface area contributed by atoms with E-state index in [4.69, 9.17) is 10.8 Å². The summed E-state index contributed by atoms with van der Waals surface area (Å²) in [6.07, 6.45) is 1.08. The fourth-order valence-corrected chi connectivity index (χ4v) is 2.11. The maximum atomic E-state index is 5.62. The van der Waals surface area contributed by atoms with E-state index in [0.29, 0.717) is 11.9 Å². The molecule has 3 N–H and O–H groups in total. The average molecular weight is 279 g/mol. The van der Waals surface area contributed by atoms with E-state index >= 15 is 0 Å². The second-order valence-electron chi connectivity index (χ2n) is 6.53. The van der Waals surface area contributed by atoms with Crippen LogP contribution in [0.5, 0.6) is 0 Å². The number of hydrogen-bond acceptors (Lipinski definition) is 5. The van der Waals surface area contributed by atoms with Crippen LogP contribution in [0.3, 0.4) is 0 Å². The van der Waals surface area contributed by atoms with E-state index in [9.17, 15) is 0 Å². The topological polar surface area (TPSA) is 67.1 Å². The van der Waals surface area contributed by atoms with Crippen LogP contribution < -0.4 is 16.2 Å². The number of nitrogen functional groups attached to an aromatic ring is 1. The number of rotatable bonds is 5. The van der Waals surface area contributed by atoms with Gasteiger partial charge in [0.2, 0.25) is 0 Å². The summed E-state index contributed by atoms with van der Waals surface area (Å²) in [5.74, 6) is 8.13. The van der Waals surface area contributed by atoms with Gasteiger partial charge in [0.25, 0.3) is 0 Å². The zero-order valence-corrected chi connectivity index (χ0v) is 13.9. The summed E-state index contributed by atoms with van der Waals surface area (Å²) in [6, 6.07) is 0.391. The van der Waals surface area contributed by atoms with Gasteiger partial charge in [-0.25, -0.2) is 15.8 Å². The van der Waals surface area contributed by atoms with Gasteiger partial charge in [-0.2, -0.15) is 0 Å². The third-order valence-corrected chi connectivity index (χ3v) is 3.29. The van der Waals surface area contributed by atoms with Crippen LogP contribution in [0.2, 0.25) is 0 Å². The molecular formula is C15H29N5. The Morgan fingerprint density at radius 1 is 1.25 bits per heavy atom. The third kappa shape index (κ3) is 3.60. The molecule has 1 rings (SSSR count). The first-order chi connectivity index (χ1) is 9.22. The van der Waals surface area contributed by atoms with E-state index in [1.54, 1.807) is 0 Å². The Morgan fingerprint density at radius 3 is 2.25 bits per heavy atom. The molecule has 0 bridgehead atoms. The van der Waals surface area contributed by atoms with Crippen LogP contribution in [-0.4, -0.2) is 22.6 Å². The van der Waals surface area contributed by atoms with Crippen LogP contribution in [0.25, 0.3) is 0 Å². The van der Waals surface area contributed by atoms with E-state index in [2.05, 4.69) is 56.9 Å². The first-order valence-corrected chi connectivity index (χ1v) is 7.34. The van der Waals surface area contributed by atoms with Crippen LogP contribution in [0.4, 0.5) is 11.6 Å². The van der Waals surface area contributed by atoms with E-state index in [1.165, 1.54) is 0 Å². The predicted octanol–water partition coefficient (Wildman–Crippen LogP) is 2.99. The van der Waals surface area contributed by atoms with E-state index < -0.39 is 0 Å². The molecule has 0 amide bonds. The minimum Gasteiger partial charge on any atom is -0.354 e. The molecule has 1 aromatic heterocycles. The minimum absolute atomic E-state index is 0.108. The van der Waals surface area contributed by atoms with Crippen molar-refractivity contribution in [1.82, 2.24) is 9.97 Å². The normalized spacial score (nSPS) is 11.8. The highest BCUT2D eigenvalue weighted by molar-refractivity contribution is 5.59. The van der Waals surface area contributed by atoms with Crippen LogP contribution in [0.1, 0.15) is 59.4 Å². The molecule has 20 heavy (non-hydrogen) atoms. The van der Waals surface area contributed by atoms with Crippen molar-refractivity contribution in [1.29, 1.82) is 0 Å². The highest BCUT2D eigenvalue weighted by Crippen LogP contribution is 2.29. The fraction of sp³-hybridized carbons (Fsp3) is 0.733. The summed E-state index contributed by atoms with van der Waals surface area (Å²) in [5, 5.41) is 0. The van der Waals surface area contributed by atoms with Gasteiger partial charge in [0, 0.05) is 23.6 Å². The summed E-state index contributed by atoms with van der Waals surface area (Å²) in [7, 11) is 0. The highest BCUT2D eigenvalue weighted by atomic mass is 15.3. The number of hydrazine groups is 1. The Bertz CT molecular complexity index is 448. The van der Waals surface area contributed by atoms with Crippen LogP contribution in [0, 0.1) is 6.92 Å². The minimum atomic E-state index is -0.108. The van der Waals surface area contributed by atoms with Crippen molar-refractivity contribution < 1.29 is 0 Å².